The van der Waals surface area contributed by atoms with Gasteiger partial charge in [-0.25, -0.2) is 0 Å². The van der Waals surface area contributed by atoms with E-state index in [4.69, 9.17) is 0 Å². The molecule has 0 fully saturated rings. The zero-order chi connectivity index (χ0) is 21.6. The van der Waals surface area contributed by atoms with E-state index in [1.165, 1.54) is 52.0 Å². The monoisotopic (exact) mass is 414 g/mol. The Morgan fingerprint density at radius 2 is 1.16 bits per heavy atom. The van der Waals surface area contributed by atoms with Crippen LogP contribution in [0, 0.1) is 6.92 Å². The van der Waals surface area contributed by atoms with Crippen LogP contribution in [0.25, 0.3) is 10.8 Å². The molecule has 0 aromatic heterocycles. The average molecular weight is 415 g/mol. The summed E-state index contributed by atoms with van der Waals surface area (Å²) in [5, 5.41) is 9.69. The van der Waals surface area contributed by atoms with Crippen LogP contribution in [-0.2, 0) is 0 Å². The Balaban J connectivity index is 0.000000177. The molecule has 3 aromatic carbocycles. The topological polar surface area (TPSA) is 30.1 Å². The number of nitrogens with one attached hydrogen (secondary N) is 2. The van der Waals surface area contributed by atoms with Gasteiger partial charge in [-0.15, -0.1) is 0 Å². The summed E-state index contributed by atoms with van der Waals surface area (Å²) in [7, 11) is 4.31. The lowest BCUT2D eigenvalue weighted by Crippen LogP contribution is -2.40. The lowest BCUT2D eigenvalue weighted by Gasteiger charge is -2.16. The Hall–Kier alpha value is -3.14. The molecule has 0 unspecified atom stereocenters. The molecule has 2 aliphatic rings. The Bertz CT molecular complexity index is 1050. The van der Waals surface area contributed by atoms with Gasteiger partial charge in [0, 0.05) is 12.8 Å². The van der Waals surface area contributed by atoms with Crippen molar-refractivity contribution in [2.24, 2.45) is 0 Å². The summed E-state index contributed by atoms with van der Waals surface area (Å²) >= 11 is 0. The third-order valence-corrected chi connectivity index (χ3v) is 6.13. The predicted molar refractivity (Wildman–Crippen MR) is 131 cm³/mol. The summed E-state index contributed by atoms with van der Waals surface area (Å²) in [5.74, 6) is 2.50. The maximum absolute atomic E-state index is 3.50. The Morgan fingerprint density at radius 1 is 0.645 bits per heavy atom. The average Bonchev–Trinajstić information content (AvgIpc) is 2.81. The number of rotatable bonds is 2. The number of amidine groups is 2. The molecular formula is C27H34N4+2. The van der Waals surface area contributed by atoms with Crippen molar-refractivity contribution in [2.45, 2.75) is 19.8 Å². The van der Waals surface area contributed by atoms with Crippen molar-refractivity contribution < 1.29 is 9.15 Å². The highest BCUT2D eigenvalue weighted by Crippen LogP contribution is 2.16. The van der Waals surface area contributed by atoms with Crippen molar-refractivity contribution in [3.05, 3.63) is 83.4 Å². The largest absolute Gasteiger partial charge is 0.276 e. The Kier molecular flexibility index (Phi) is 6.66. The molecule has 0 saturated carbocycles. The first-order valence-corrected chi connectivity index (χ1v) is 11.3. The lowest BCUT2D eigenvalue weighted by atomic mass is 10.1. The Morgan fingerprint density at radius 3 is 1.68 bits per heavy atom. The standard InChI is InChI=1S/C16H22N4.C11H10/c1-19-11-3-9-17-15(19)13-5-7-14(8-6-13)16-18-10-4-12-20(16)2;1-9-5-4-7-10-6-2-3-8-11(9)10/h5-8H,3-4,9-12H2,1-2H3;2-8H,1H3/p+2. The van der Waals surface area contributed by atoms with Gasteiger partial charge in [-0.2, -0.15) is 0 Å². The summed E-state index contributed by atoms with van der Waals surface area (Å²) in [4.78, 5) is 0. The summed E-state index contributed by atoms with van der Waals surface area (Å²) in [6, 6.07) is 23.7. The highest BCUT2D eigenvalue weighted by atomic mass is 15.1. The summed E-state index contributed by atoms with van der Waals surface area (Å²) in [6.45, 7) is 6.55. The second-order valence-electron chi connectivity index (χ2n) is 8.47. The quantitative estimate of drug-likeness (QED) is 0.628. The molecule has 3 aromatic rings. The number of nitrogens with zero attached hydrogens (tertiary/aromatic N) is 2. The third kappa shape index (κ3) is 4.96. The van der Waals surface area contributed by atoms with E-state index in [0.717, 1.165) is 26.2 Å². The number of hydrogen-bond donors (Lipinski definition) is 2. The van der Waals surface area contributed by atoms with Crippen molar-refractivity contribution in [3.63, 3.8) is 0 Å². The van der Waals surface area contributed by atoms with Gasteiger partial charge >= 0.3 is 0 Å². The second-order valence-corrected chi connectivity index (χ2v) is 8.47. The van der Waals surface area contributed by atoms with Crippen molar-refractivity contribution in [3.8, 4) is 0 Å². The fourth-order valence-corrected chi connectivity index (χ4v) is 4.36. The van der Waals surface area contributed by atoms with Gasteiger partial charge in [0.2, 0.25) is 0 Å². The normalized spacial score (nSPS) is 16.4. The van der Waals surface area contributed by atoms with E-state index in [9.17, 15) is 0 Å². The highest BCUT2D eigenvalue weighted by molar-refractivity contribution is 5.98. The van der Waals surface area contributed by atoms with Gasteiger partial charge in [0.1, 0.15) is 0 Å². The molecule has 2 N–H and O–H groups in total. The molecule has 31 heavy (non-hydrogen) atoms. The number of fused-ring (bicyclic) bond motifs is 1. The van der Waals surface area contributed by atoms with E-state index in [0.29, 0.717) is 0 Å². The molecule has 0 saturated heterocycles. The summed E-state index contributed by atoms with van der Waals surface area (Å²) < 4.78 is 4.60. The molecule has 0 radical (unpaired) electrons. The molecule has 5 rings (SSSR count). The molecule has 4 heteroatoms. The van der Waals surface area contributed by atoms with E-state index in [1.807, 2.05) is 0 Å². The zero-order valence-corrected chi connectivity index (χ0v) is 19.0. The van der Waals surface area contributed by atoms with Crippen molar-refractivity contribution in [2.75, 3.05) is 40.3 Å². The van der Waals surface area contributed by atoms with Gasteiger partial charge in [0.15, 0.2) is 0 Å². The van der Waals surface area contributed by atoms with E-state index in [2.05, 4.69) is 108 Å². The minimum Gasteiger partial charge on any atom is -0.274 e. The summed E-state index contributed by atoms with van der Waals surface area (Å²) in [6.07, 6.45) is 2.43. The minimum absolute atomic E-state index is 1.07. The molecule has 0 bridgehead atoms. The van der Waals surface area contributed by atoms with E-state index < -0.39 is 0 Å². The highest BCUT2D eigenvalue weighted by Gasteiger charge is 2.20. The Labute approximate surface area is 185 Å². The van der Waals surface area contributed by atoms with Gasteiger partial charge in [-0.3, -0.25) is 19.8 Å². The molecule has 2 heterocycles. The molecule has 0 aliphatic carbocycles. The van der Waals surface area contributed by atoms with Crippen LogP contribution in [0.2, 0.25) is 0 Å². The molecular weight excluding hydrogens is 380 g/mol. The summed E-state index contributed by atoms with van der Waals surface area (Å²) in [5.41, 5.74) is 3.90. The molecule has 0 spiro atoms. The lowest BCUT2D eigenvalue weighted by molar-refractivity contribution is -0.503. The fourth-order valence-electron chi connectivity index (χ4n) is 4.36. The first kappa shape index (κ1) is 21.1. The second kappa shape index (κ2) is 9.78. The van der Waals surface area contributed by atoms with Crippen molar-refractivity contribution >= 4 is 22.4 Å². The van der Waals surface area contributed by atoms with Crippen LogP contribution in [0.1, 0.15) is 29.5 Å². The van der Waals surface area contributed by atoms with Crippen molar-refractivity contribution in [1.29, 1.82) is 0 Å². The van der Waals surface area contributed by atoms with E-state index >= 15 is 0 Å². The van der Waals surface area contributed by atoms with Crippen LogP contribution < -0.4 is 10.6 Å². The van der Waals surface area contributed by atoms with Gasteiger partial charge < -0.3 is 0 Å². The maximum Gasteiger partial charge on any atom is 0.276 e. The minimum atomic E-state index is 1.07. The van der Waals surface area contributed by atoms with Gasteiger partial charge in [-0.1, -0.05) is 42.5 Å². The number of aryl methyl sites for hydroxylation is 1. The molecule has 160 valence electrons. The van der Waals surface area contributed by atoms with Crippen LogP contribution in [0.5, 0.6) is 0 Å². The first-order chi connectivity index (χ1) is 15.1. The van der Waals surface area contributed by atoms with Crippen LogP contribution in [0.15, 0.2) is 66.7 Å². The maximum atomic E-state index is 3.50. The van der Waals surface area contributed by atoms with Crippen LogP contribution in [-0.4, -0.2) is 61.1 Å². The molecule has 4 nitrogen and oxygen atoms in total. The van der Waals surface area contributed by atoms with E-state index in [-0.39, 0.29) is 0 Å². The smallest absolute Gasteiger partial charge is 0.274 e. The molecule has 0 atom stereocenters. The van der Waals surface area contributed by atoms with Gasteiger partial charge in [0.05, 0.1) is 51.4 Å². The molecule has 2 aliphatic heterocycles. The zero-order valence-electron chi connectivity index (χ0n) is 19.0. The number of hydrogen-bond acceptors (Lipinski definition) is 2. The first-order valence-electron chi connectivity index (χ1n) is 11.3. The van der Waals surface area contributed by atoms with Crippen LogP contribution >= 0.6 is 0 Å². The SMILES string of the molecule is C[N+]1=C(c2ccc(C3=[N+](C)CCCN3)cc2)NCCC1.Cc1cccc2ccccc12. The van der Waals surface area contributed by atoms with Crippen LogP contribution in [0.3, 0.4) is 0 Å². The predicted octanol–water partition coefficient (Wildman–Crippen LogP) is 3.60. The number of benzene rings is 3. The molecule has 0 amide bonds. The third-order valence-electron chi connectivity index (χ3n) is 6.13. The van der Waals surface area contributed by atoms with Crippen LogP contribution in [0.4, 0.5) is 0 Å². The van der Waals surface area contributed by atoms with Gasteiger partial charge in [-0.05, 0) is 47.5 Å². The van der Waals surface area contributed by atoms with E-state index in [1.54, 1.807) is 0 Å². The van der Waals surface area contributed by atoms with Crippen molar-refractivity contribution in [1.82, 2.24) is 10.6 Å². The van der Waals surface area contributed by atoms with Gasteiger partial charge in [0.25, 0.3) is 11.7 Å². The fraction of sp³-hybridized carbons (Fsp3) is 0.333.